The fraction of sp³-hybridized carbons (Fsp3) is 0.174. The molecule has 31 heavy (non-hydrogen) atoms. The van der Waals surface area contributed by atoms with E-state index in [0.717, 1.165) is 6.42 Å². The first-order valence-corrected chi connectivity index (χ1v) is 10.1. The van der Waals surface area contributed by atoms with E-state index in [4.69, 9.17) is 16.0 Å². The molecule has 158 valence electrons. The van der Waals surface area contributed by atoms with Crippen LogP contribution in [0.15, 0.2) is 58.0 Å². The predicted octanol–water partition coefficient (Wildman–Crippen LogP) is 5.10. The average molecular weight is 440 g/mol. The van der Waals surface area contributed by atoms with Gasteiger partial charge in [-0.2, -0.15) is 5.10 Å². The van der Waals surface area contributed by atoms with Crippen LogP contribution in [0.5, 0.6) is 0 Å². The number of fused-ring (bicyclic) bond motifs is 1. The Hall–Kier alpha value is -3.45. The lowest BCUT2D eigenvalue weighted by atomic mass is 9.93. The van der Waals surface area contributed by atoms with Crippen LogP contribution in [0.1, 0.15) is 50.6 Å². The molecule has 6 nitrogen and oxygen atoms in total. The Kier molecular flexibility index (Phi) is 5.86. The van der Waals surface area contributed by atoms with Gasteiger partial charge >= 0.3 is 0 Å². The van der Waals surface area contributed by atoms with Crippen molar-refractivity contribution < 1.29 is 18.4 Å². The number of furan rings is 1. The van der Waals surface area contributed by atoms with E-state index < -0.39 is 11.7 Å². The third-order valence-electron chi connectivity index (χ3n) is 5.03. The summed E-state index contributed by atoms with van der Waals surface area (Å²) < 4.78 is 19.7. The molecule has 0 aliphatic heterocycles. The van der Waals surface area contributed by atoms with Crippen molar-refractivity contribution in [3.63, 3.8) is 0 Å². The largest absolute Gasteiger partial charge is 0.455 e. The summed E-state index contributed by atoms with van der Waals surface area (Å²) in [6.07, 6.45) is 2.03. The Labute approximate surface area is 183 Å². The molecule has 1 aliphatic rings. The van der Waals surface area contributed by atoms with Crippen LogP contribution < -0.4 is 10.7 Å². The first-order valence-electron chi connectivity index (χ1n) is 9.75. The van der Waals surface area contributed by atoms with Gasteiger partial charge in [-0.25, -0.2) is 9.82 Å². The number of para-hydroxylation sites is 1. The van der Waals surface area contributed by atoms with Gasteiger partial charge in [-0.3, -0.25) is 9.59 Å². The molecule has 0 saturated carbocycles. The number of halogens is 2. The zero-order valence-electron chi connectivity index (χ0n) is 16.7. The summed E-state index contributed by atoms with van der Waals surface area (Å²) in [5.74, 6) is -0.738. The number of rotatable bonds is 4. The van der Waals surface area contributed by atoms with Crippen LogP contribution in [0.2, 0.25) is 5.02 Å². The van der Waals surface area contributed by atoms with Crippen molar-refractivity contribution in [1.82, 2.24) is 5.43 Å². The number of aryl methyl sites for hydroxylation is 1. The van der Waals surface area contributed by atoms with E-state index in [1.165, 1.54) is 12.1 Å². The van der Waals surface area contributed by atoms with E-state index in [-0.39, 0.29) is 17.4 Å². The van der Waals surface area contributed by atoms with Crippen LogP contribution in [0.4, 0.5) is 10.1 Å². The quantitative estimate of drug-likeness (QED) is 0.554. The number of hydrazone groups is 1. The van der Waals surface area contributed by atoms with Crippen LogP contribution in [-0.4, -0.2) is 17.5 Å². The molecule has 0 radical (unpaired) electrons. The molecule has 2 aromatic carbocycles. The lowest BCUT2D eigenvalue weighted by Gasteiger charge is -2.13. The minimum absolute atomic E-state index is 0.0731. The standard InChI is InChI=1S/C23H19ClFN3O3/c1-13-20-18(27-28-22(29)14-6-4-7-15(24)12-14)10-5-11-19(20)31-21(13)23(30)26-17-9-3-2-8-16(17)25/h2-4,6-9,12H,5,10-11H2,1H3,(H,26,30)(H,28,29)/b27-18+. The van der Waals surface area contributed by atoms with Crippen LogP contribution >= 0.6 is 11.6 Å². The summed E-state index contributed by atoms with van der Waals surface area (Å²) in [7, 11) is 0. The number of anilines is 1. The molecule has 1 aliphatic carbocycles. The Morgan fingerprint density at radius 3 is 2.68 bits per heavy atom. The molecule has 3 aromatic rings. The van der Waals surface area contributed by atoms with Crippen molar-refractivity contribution in [3.8, 4) is 0 Å². The number of hydrogen-bond donors (Lipinski definition) is 2. The van der Waals surface area contributed by atoms with E-state index in [0.29, 0.717) is 46.0 Å². The normalized spacial score (nSPS) is 14.2. The molecule has 1 heterocycles. The van der Waals surface area contributed by atoms with Crippen molar-refractivity contribution in [3.05, 3.63) is 87.6 Å². The molecule has 0 bridgehead atoms. The highest BCUT2D eigenvalue weighted by molar-refractivity contribution is 6.31. The van der Waals surface area contributed by atoms with Crippen molar-refractivity contribution in [1.29, 1.82) is 0 Å². The summed E-state index contributed by atoms with van der Waals surface area (Å²) in [5, 5.41) is 7.28. The van der Waals surface area contributed by atoms with Crippen LogP contribution in [0.3, 0.4) is 0 Å². The van der Waals surface area contributed by atoms with Gasteiger partial charge in [0.2, 0.25) is 0 Å². The average Bonchev–Trinajstić information content (AvgIpc) is 3.11. The monoisotopic (exact) mass is 439 g/mol. The van der Waals surface area contributed by atoms with E-state index >= 15 is 0 Å². The fourth-order valence-electron chi connectivity index (χ4n) is 3.55. The maximum atomic E-state index is 13.9. The highest BCUT2D eigenvalue weighted by atomic mass is 35.5. The lowest BCUT2D eigenvalue weighted by molar-refractivity contribution is 0.0953. The second-order valence-corrected chi connectivity index (χ2v) is 7.59. The second-order valence-electron chi connectivity index (χ2n) is 7.15. The van der Waals surface area contributed by atoms with Gasteiger partial charge in [-0.1, -0.05) is 29.8 Å². The van der Waals surface area contributed by atoms with Crippen LogP contribution in [0, 0.1) is 12.7 Å². The van der Waals surface area contributed by atoms with Crippen molar-refractivity contribution in [2.24, 2.45) is 5.10 Å². The summed E-state index contributed by atoms with van der Waals surface area (Å²) >= 11 is 5.94. The van der Waals surface area contributed by atoms with Gasteiger partial charge in [0, 0.05) is 28.1 Å². The molecule has 0 atom stereocenters. The Balaban J connectivity index is 1.58. The van der Waals surface area contributed by atoms with Gasteiger partial charge < -0.3 is 9.73 Å². The maximum absolute atomic E-state index is 13.9. The molecule has 0 saturated heterocycles. The Bertz CT molecular complexity index is 1200. The van der Waals surface area contributed by atoms with Gasteiger partial charge in [0.15, 0.2) is 5.76 Å². The predicted molar refractivity (Wildman–Crippen MR) is 116 cm³/mol. The molecule has 0 fully saturated rings. The van der Waals surface area contributed by atoms with Crippen molar-refractivity contribution >= 4 is 34.8 Å². The number of hydrogen-bond acceptors (Lipinski definition) is 4. The highest BCUT2D eigenvalue weighted by Crippen LogP contribution is 2.30. The first-order chi connectivity index (χ1) is 14.9. The third kappa shape index (κ3) is 4.36. The summed E-state index contributed by atoms with van der Waals surface area (Å²) in [5.41, 5.74) is 4.94. The van der Waals surface area contributed by atoms with Gasteiger partial charge in [-0.15, -0.1) is 0 Å². The molecule has 0 spiro atoms. The number of carbonyl (C=O) groups excluding carboxylic acids is 2. The third-order valence-corrected chi connectivity index (χ3v) is 5.27. The van der Waals surface area contributed by atoms with Gasteiger partial charge in [0.05, 0.1) is 11.4 Å². The summed E-state index contributed by atoms with van der Waals surface area (Å²) in [4.78, 5) is 25.1. The summed E-state index contributed by atoms with van der Waals surface area (Å²) in [6, 6.07) is 12.5. The van der Waals surface area contributed by atoms with E-state index in [2.05, 4.69) is 15.8 Å². The SMILES string of the molecule is Cc1c(C(=O)Nc2ccccc2F)oc2c1/C(=N/NC(=O)c1cccc(Cl)c1)CCC2. The van der Waals surface area contributed by atoms with Crippen LogP contribution in [0.25, 0.3) is 0 Å². The molecule has 1 aromatic heterocycles. The lowest BCUT2D eigenvalue weighted by Crippen LogP contribution is -2.22. The number of nitrogens with zero attached hydrogens (tertiary/aromatic N) is 1. The van der Waals surface area contributed by atoms with Gasteiger partial charge in [0.25, 0.3) is 11.8 Å². The molecule has 8 heteroatoms. The molecular weight excluding hydrogens is 421 g/mol. The molecule has 2 N–H and O–H groups in total. The van der Waals surface area contributed by atoms with E-state index in [9.17, 15) is 14.0 Å². The number of benzene rings is 2. The molecule has 2 amide bonds. The highest BCUT2D eigenvalue weighted by Gasteiger charge is 2.28. The first kappa shape index (κ1) is 20.8. The fourth-order valence-corrected chi connectivity index (χ4v) is 3.74. The van der Waals surface area contributed by atoms with Gasteiger partial charge in [-0.05, 0) is 50.1 Å². The molecular formula is C23H19ClFN3O3. The Morgan fingerprint density at radius 2 is 1.90 bits per heavy atom. The minimum Gasteiger partial charge on any atom is -0.455 e. The van der Waals surface area contributed by atoms with E-state index in [1.54, 1.807) is 43.3 Å². The number of amides is 2. The van der Waals surface area contributed by atoms with Crippen molar-refractivity contribution in [2.45, 2.75) is 26.2 Å². The summed E-state index contributed by atoms with van der Waals surface area (Å²) in [6.45, 7) is 1.75. The second kappa shape index (κ2) is 8.73. The maximum Gasteiger partial charge on any atom is 0.291 e. The topological polar surface area (TPSA) is 83.7 Å². The van der Waals surface area contributed by atoms with Crippen LogP contribution in [-0.2, 0) is 6.42 Å². The number of carbonyl (C=O) groups is 2. The number of nitrogens with one attached hydrogen (secondary N) is 2. The molecule has 4 rings (SSSR count). The zero-order chi connectivity index (χ0) is 22.0. The smallest absolute Gasteiger partial charge is 0.291 e. The van der Waals surface area contributed by atoms with Gasteiger partial charge in [0.1, 0.15) is 11.6 Å². The zero-order valence-corrected chi connectivity index (χ0v) is 17.4. The molecule has 0 unspecified atom stereocenters. The van der Waals surface area contributed by atoms with Crippen molar-refractivity contribution in [2.75, 3.05) is 5.32 Å². The minimum atomic E-state index is -0.542. The Morgan fingerprint density at radius 1 is 1.10 bits per heavy atom. The van der Waals surface area contributed by atoms with E-state index in [1.807, 2.05) is 0 Å².